The van der Waals surface area contributed by atoms with Crippen molar-refractivity contribution in [3.05, 3.63) is 64.8 Å². The van der Waals surface area contributed by atoms with E-state index in [-0.39, 0.29) is 12.4 Å². The zero-order chi connectivity index (χ0) is 17.6. The Hall–Kier alpha value is -2.25. The molecule has 0 fully saturated rings. The van der Waals surface area contributed by atoms with Crippen LogP contribution in [0.15, 0.2) is 52.1 Å². The van der Waals surface area contributed by atoms with Crippen LogP contribution in [0.1, 0.15) is 11.5 Å². The van der Waals surface area contributed by atoms with E-state index in [1.54, 1.807) is 37.4 Å². The Morgan fingerprint density at radius 1 is 1.16 bits per heavy atom. The number of methoxy groups -OCH3 is 1. The predicted molar refractivity (Wildman–Crippen MR) is 92.6 cm³/mol. The highest BCUT2D eigenvalue weighted by Gasteiger charge is 2.11. The smallest absolute Gasteiger partial charge is 0.277 e. The van der Waals surface area contributed by atoms with Gasteiger partial charge < -0.3 is 13.9 Å². The summed E-state index contributed by atoms with van der Waals surface area (Å²) in [6, 6.07) is 11.3. The molecule has 25 heavy (non-hydrogen) atoms. The second-order valence-electron chi connectivity index (χ2n) is 4.95. The van der Waals surface area contributed by atoms with E-state index in [1.807, 2.05) is 0 Å². The summed E-state index contributed by atoms with van der Waals surface area (Å²) in [7, 11) is 1.54. The number of benzene rings is 2. The fraction of sp³-hybridized carbons (Fsp3) is 0.176. The minimum absolute atomic E-state index is 0.151. The number of hydrogen-bond acceptors (Lipinski definition) is 6. The first-order valence-electron chi connectivity index (χ1n) is 7.30. The molecule has 0 bridgehead atoms. The van der Waals surface area contributed by atoms with Crippen LogP contribution in [0.25, 0.3) is 0 Å². The summed E-state index contributed by atoms with van der Waals surface area (Å²) in [5.41, 5.74) is 0.713. The minimum Gasteiger partial charge on any atom is -0.496 e. The predicted octanol–water partition coefficient (Wildman–Crippen LogP) is 4.74. The second-order valence-corrected chi connectivity index (χ2v) is 6.31. The molecule has 1 heterocycles. The lowest BCUT2D eigenvalue weighted by Gasteiger charge is -2.06. The third-order valence-corrected chi connectivity index (χ3v) is 4.34. The Morgan fingerprint density at radius 3 is 2.72 bits per heavy atom. The molecule has 0 aliphatic heterocycles. The number of nitrogens with zero attached hydrogens (tertiary/aromatic N) is 2. The van der Waals surface area contributed by atoms with Crippen molar-refractivity contribution in [1.82, 2.24) is 10.2 Å². The molecule has 0 atom stereocenters. The van der Waals surface area contributed by atoms with Crippen LogP contribution in [0.4, 0.5) is 4.39 Å². The van der Waals surface area contributed by atoms with Gasteiger partial charge in [0.2, 0.25) is 0 Å². The zero-order valence-corrected chi connectivity index (χ0v) is 14.8. The van der Waals surface area contributed by atoms with Crippen LogP contribution in [0, 0.1) is 5.82 Å². The summed E-state index contributed by atoms with van der Waals surface area (Å²) in [5, 5.41) is 8.89. The van der Waals surface area contributed by atoms with Crippen LogP contribution in [0.3, 0.4) is 0 Å². The van der Waals surface area contributed by atoms with Gasteiger partial charge in [-0.05, 0) is 42.5 Å². The van der Waals surface area contributed by atoms with Gasteiger partial charge >= 0.3 is 0 Å². The van der Waals surface area contributed by atoms with Crippen molar-refractivity contribution in [2.24, 2.45) is 0 Å². The minimum atomic E-state index is -0.320. The molecule has 2 aromatic carbocycles. The van der Waals surface area contributed by atoms with E-state index < -0.39 is 0 Å². The molecule has 0 saturated carbocycles. The van der Waals surface area contributed by atoms with Gasteiger partial charge in [-0.1, -0.05) is 23.4 Å². The lowest BCUT2D eigenvalue weighted by molar-refractivity contribution is 0.252. The Kier molecular flexibility index (Phi) is 5.78. The summed E-state index contributed by atoms with van der Waals surface area (Å²) < 4.78 is 29.6. The van der Waals surface area contributed by atoms with Crippen molar-refractivity contribution in [2.45, 2.75) is 17.6 Å². The summed E-state index contributed by atoms with van der Waals surface area (Å²) in [6.07, 6.45) is 0. The molecule has 5 nitrogen and oxygen atoms in total. The maximum Gasteiger partial charge on any atom is 0.277 e. The van der Waals surface area contributed by atoms with Crippen molar-refractivity contribution in [1.29, 1.82) is 0 Å². The van der Waals surface area contributed by atoms with Crippen molar-refractivity contribution in [3.8, 4) is 11.5 Å². The van der Waals surface area contributed by atoms with Crippen LogP contribution in [0.5, 0.6) is 11.5 Å². The highest BCUT2D eigenvalue weighted by molar-refractivity contribution is 7.98. The topological polar surface area (TPSA) is 57.4 Å². The Morgan fingerprint density at radius 2 is 1.96 bits per heavy atom. The zero-order valence-electron chi connectivity index (χ0n) is 13.2. The van der Waals surface area contributed by atoms with E-state index in [2.05, 4.69) is 10.2 Å². The molecule has 130 valence electrons. The number of thioether (sulfide) groups is 1. The number of halogens is 2. The first kappa shape index (κ1) is 17.6. The van der Waals surface area contributed by atoms with E-state index >= 15 is 0 Å². The fourth-order valence-electron chi connectivity index (χ4n) is 2.03. The number of aromatic nitrogens is 2. The molecule has 0 spiro atoms. The molecule has 0 aliphatic rings. The number of hydrogen-bond donors (Lipinski definition) is 0. The highest BCUT2D eigenvalue weighted by Crippen LogP contribution is 2.28. The van der Waals surface area contributed by atoms with Gasteiger partial charge in [0.05, 0.1) is 7.11 Å². The molecule has 0 amide bonds. The summed E-state index contributed by atoms with van der Waals surface area (Å²) >= 11 is 7.11. The van der Waals surface area contributed by atoms with Gasteiger partial charge in [0.25, 0.3) is 11.1 Å². The van der Waals surface area contributed by atoms with Crippen molar-refractivity contribution in [2.75, 3.05) is 7.11 Å². The van der Waals surface area contributed by atoms with Crippen LogP contribution >= 0.6 is 23.4 Å². The maximum absolute atomic E-state index is 13.4. The van der Waals surface area contributed by atoms with Gasteiger partial charge in [-0.2, -0.15) is 0 Å². The SMILES string of the molecule is COc1ccc(F)cc1CSc1nnc(COc2ccc(Cl)cc2)o1. The Bertz CT molecular complexity index is 842. The molecule has 1 aromatic heterocycles. The van der Waals surface area contributed by atoms with Crippen LogP contribution in [-0.4, -0.2) is 17.3 Å². The third kappa shape index (κ3) is 4.87. The third-order valence-electron chi connectivity index (χ3n) is 3.22. The molecule has 3 rings (SSSR count). The molecule has 8 heteroatoms. The highest BCUT2D eigenvalue weighted by atomic mass is 35.5. The molecule has 0 N–H and O–H groups in total. The number of rotatable bonds is 7. The van der Waals surface area contributed by atoms with E-state index in [4.69, 9.17) is 25.5 Å². The van der Waals surface area contributed by atoms with Gasteiger partial charge in [0, 0.05) is 16.3 Å². The first-order valence-corrected chi connectivity index (χ1v) is 8.66. The standard InChI is InChI=1S/C17H14ClFN2O3S/c1-22-15-7-4-13(19)8-11(15)10-25-17-21-20-16(24-17)9-23-14-5-2-12(18)3-6-14/h2-8H,9-10H2,1H3. The van der Waals surface area contributed by atoms with Crippen molar-refractivity contribution in [3.63, 3.8) is 0 Å². The van der Waals surface area contributed by atoms with Crippen LogP contribution in [0.2, 0.25) is 5.02 Å². The lowest BCUT2D eigenvalue weighted by atomic mass is 10.2. The quantitative estimate of drug-likeness (QED) is 0.552. The first-order chi connectivity index (χ1) is 12.1. The molecule has 0 aliphatic carbocycles. The molecule has 0 unspecified atom stereocenters. The normalized spacial score (nSPS) is 10.7. The molecule has 3 aromatic rings. The average molecular weight is 381 g/mol. The molecule has 0 radical (unpaired) electrons. The van der Waals surface area contributed by atoms with Gasteiger partial charge in [-0.3, -0.25) is 0 Å². The second kappa shape index (κ2) is 8.22. The summed E-state index contributed by atoms with van der Waals surface area (Å²) in [5.74, 6) is 1.74. The van der Waals surface area contributed by atoms with Crippen LogP contribution < -0.4 is 9.47 Å². The largest absolute Gasteiger partial charge is 0.496 e. The van der Waals surface area contributed by atoms with Gasteiger partial charge in [-0.15, -0.1) is 10.2 Å². The summed E-state index contributed by atoms with van der Waals surface area (Å²) in [6.45, 7) is 0.151. The summed E-state index contributed by atoms with van der Waals surface area (Å²) in [4.78, 5) is 0. The van der Waals surface area contributed by atoms with E-state index in [0.29, 0.717) is 39.0 Å². The van der Waals surface area contributed by atoms with Crippen molar-refractivity contribution < 1.29 is 18.3 Å². The van der Waals surface area contributed by atoms with E-state index in [0.717, 1.165) is 0 Å². The molecular formula is C17H14ClFN2O3S. The van der Waals surface area contributed by atoms with Gasteiger partial charge in [-0.25, -0.2) is 4.39 Å². The van der Waals surface area contributed by atoms with Gasteiger partial charge in [0.15, 0.2) is 6.61 Å². The number of ether oxygens (including phenoxy) is 2. The van der Waals surface area contributed by atoms with E-state index in [1.165, 1.54) is 23.9 Å². The monoisotopic (exact) mass is 380 g/mol. The van der Waals surface area contributed by atoms with Crippen LogP contribution in [-0.2, 0) is 12.4 Å². The molecule has 0 saturated heterocycles. The van der Waals surface area contributed by atoms with Gasteiger partial charge in [0.1, 0.15) is 17.3 Å². The average Bonchev–Trinajstić information content (AvgIpc) is 3.07. The van der Waals surface area contributed by atoms with E-state index in [9.17, 15) is 4.39 Å². The lowest BCUT2D eigenvalue weighted by Crippen LogP contribution is -1.95. The maximum atomic E-state index is 13.4. The fourth-order valence-corrected chi connectivity index (χ4v) is 2.91. The molecular weight excluding hydrogens is 367 g/mol. The Labute approximate surface area is 153 Å². The Balaban J connectivity index is 1.56. The van der Waals surface area contributed by atoms with Crippen molar-refractivity contribution >= 4 is 23.4 Å².